The maximum Gasteiger partial charge on any atom is 0.273 e. The molecule has 0 heterocycles. The van der Waals surface area contributed by atoms with Gasteiger partial charge in [0.05, 0.1) is 16.6 Å². The van der Waals surface area contributed by atoms with E-state index in [1.165, 1.54) is 0 Å². The minimum atomic E-state index is -0.466. The normalized spacial score (nSPS) is 9.93. The zero-order valence-corrected chi connectivity index (χ0v) is 18.8. The summed E-state index contributed by atoms with van der Waals surface area (Å²) in [6, 6.07) is 11.7. The van der Waals surface area contributed by atoms with Gasteiger partial charge in [0.2, 0.25) is 0 Å². The molecule has 0 aliphatic heterocycles. The fourth-order valence-electron chi connectivity index (χ4n) is 2.29. The molecule has 0 radical (unpaired) electrons. The molecule has 9 heteroatoms. The van der Waals surface area contributed by atoms with E-state index in [-0.39, 0.29) is 11.7 Å². The second kappa shape index (κ2) is 11.9. The third-order valence-corrected chi connectivity index (χ3v) is 4.48. The highest BCUT2D eigenvalue weighted by Crippen LogP contribution is 2.26. The number of para-hydroxylation sites is 1. The summed E-state index contributed by atoms with van der Waals surface area (Å²) in [7, 11) is 0. The molecule has 2 aromatic rings. The zero-order chi connectivity index (χ0) is 21.9. The number of carbonyl (C=O) groups excluding carboxylic acids is 2. The Hall–Kier alpha value is -2.91. The molecule has 158 valence electrons. The topological polar surface area (TPSA) is 88.7 Å². The molecule has 0 saturated carbocycles. The monoisotopic (exact) mass is 491 g/mol. The maximum absolute atomic E-state index is 12.4. The quantitative estimate of drug-likeness (QED) is 0.296. The smallest absolute Gasteiger partial charge is 0.273 e. The fourth-order valence-corrected chi connectivity index (χ4v) is 2.92. The Morgan fingerprint density at radius 1 is 1.10 bits per heavy atom. The molecule has 0 aliphatic rings. The summed E-state index contributed by atoms with van der Waals surface area (Å²) >= 11 is 8.46. The van der Waals surface area contributed by atoms with Crippen LogP contribution < -0.4 is 25.6 Å². The van der Waals surface area contributed by atoms with Crippen LogP contribution >= 0.6 is 28.1 Å². The van der Waals surface area contributed by atoms with Crippen LogP contribution in [0.15, 0.2) is 59.6 Å². The largest absolute Gasteiger partial charge is 0.492 e. The highest BCUT2D eigenvalue weighted by atomic mass is 79.9. The van der Waals surface area contributed by atoms with Crippen LogP contribution in [-0.2, 0) is 0 Å². The van der Waals surface area contributed by atoms with Gasteiger partial charge in [0, 0.05) is 5.56 Å². The molecule has 7 nitrogen and oxygen atoms in total. The lowest BCUT2D eigenvalue weighted by molar-refractivity contribution is 0.0931. The lowest BCUT2D eigenvalue weighted by Gasteiger charge is -2.13. The van der Waals surface area contributed by atoms with Crippen LogP contribution in [0.4, 0.5) is 0 Å². The van der Waals surface area contributed by atoms with Gasteiger partial charge in [-0.2, -0.15) is 0 Å². The minimum absolute atomic E-state index is 0.0553. The van der Waals surface area contributed by atoms with Gasteiger partial charge < -0.3 is 9.47 Å². The lowest BCUT2D eigenvalue weighted by Crippen LogP contribution is -2.48. The van der Waals surface area contributed by atoms with E-state index >= 15 is 0 Å². The van der Waals surface area contributed by atoms with Crippen molar-refractivity contribution in [1.29, 1.82) is 0 Å². The van der Waals surface area contributed by atoms with Gasteiger partial charge in [-0.1, -0.05) is 31.7 Å². The van der Waals surface area contributed by atoms with Gasteiger partial charge in [-0.15, -0.1) is 0 Å². The van der Waals surface area contributed by atoms with Gasteiger partial charge in [0.15, 0.2) is 5.11 Å². The standard InChI is InChI=1S/C21H22BrN3O4S/c1-3-11-28-17-8-6-5-7-15(17)20(27)24-25-21(30)23-19(26)14-9-10-18(16(22)13-14)29-12-4-2/h3,5-10,13H,1,4,11-12H2,2H3,(H,24,27)(H2,23,25,26,30). The number of halogens is 1. The Morgan fingerprint density at radius 3 is 2.57 bits per heavy atom. The van der Waals surface area contributed by atoms with Gasteiger partial charge in [0.25, 0.3) is 11.8 Å². The van der Waals surface area contributed by atoms with Crippen molar-refractivity contribution in [3.63, 3.8) is 0 Å². The van der Waals surface area contributed by atoms with E-state index in [1.54, 1.807) is 48.5 Å². The Morgan fingerprint density at radius 2 is 1.87 bits per heavy atom. The van der Waals surface area contributed by atoms with Gasteiger partial charge in [-0.25, -0.2) is 0 Å². The van der Waals surface area contributed by atoms with Crippen molar-refractivity contribution < 1.29 is 19.1 Å². The molecular weight excluding hydrogens is 470 g/mol. The fraction of sp³-hybridized carbons (Fsp3) is 0.190. The molecule has 0 saturated heterocycles. The third kappa shape index (κ3) is 6.85. The summed E-state index contributed by atoms with van der Waals surface area (Å²) in [5.74, 6) is 0.159. The number of nitrogens with one attached hydrogen (secondary N) is 3. The second-order valence-electron chi connectivity index (χ2n) is 5.95. The summed E-state index contributed by atoms with van der Waals surface area (Å²) in [6.07, 6.45) is 2.46. The van der Waals surface area contributed by atoms with E-state index in [0.29, 0.717) is 33.7 Å². The van der Waals surface area contributed by atoms with Crippen molar-refractivity contribution in [1.82, 2.24) is 16.2 Å². The predicted octanol–water partition coefficient (Wildman–Crippen LogP) is 3.75. The molecule has 0 aromatic heterocycles. The molecule has 0 unspecified atom stereocenters. The Balaban J connectivity index is 1.91. The Labute approximate surface area is 188 Å². The first-order valence-electron chi connectivity index (χ1n) is 9.13. The molecule has 3 N–H and O–H groups in total. The highest BCUT2D eigenvalue weighted by Gasteiger charge is 2.14. The maximum atomic E-state index is 12.4. The number of ether oxygens (including phenoxy) is 2. The first-order chi connectivity index (χ1) is 14.5. The second-order valence-corrected chi connectivity index (χ2v) is 7.21. The number of hydrazine groups is 1. The number of carbonyl (C=O) groups is 2. The first-order valence-corrected chi connectivity index (χ1v) is 10.3. The minimum Gasteiger partial charge on any atom is -0.492 e. The average Bonchev–Trinajstić information content (AvgIpc) is 2.75. The SMILES string of the molecule is C=CCOc1ccccc1C(=O)NNC(=S)NC(=O)c1ccc(OCCC)c(Br)c1. The van der Waals surface area contributed by atoms with Crippen LogP contribution in [0, 0.1) is 0 Å². The lowest BCUT2D eigenvalue weighted by atomic mass is 10.2. The summed E-state index contributed by atoms with van der Waals surface area (Å²) in [5.41, 5.74) is 5.63. The number of thiocarbonyl (C=S) groups is 1. The van der Waals surface area contributed by atoms with Crippen LogP contribution in [0.1, 0.15) is 34.1 Å². The van der Waals surface area contributed by atoms with Crippen molar-refractivity contribution in [3.05, 3.63) is 70.7 Å². The summed E-state index contributed by atoms with van der Waals surface area (Å²) in [5, 5.41) is 2.45. The number of amides is 2. The van der Waals surface area contributed by atoms with E-state index in [9.17, 15) is 9.59 Å². The van der Waals surface area contributed by atoms with Crippen LogP contribution in [0.3, 0.4) is 0 Å². The number of hydrogen-bond acceptors (Lipinski definition) is 5. The molecule has 2 rings (SSSR count). The number of hydrogen-bond donors (Lipinski definition) is 3. The van der Waals surface area contributed by atoms with Gasteiger partial charge in [0.1, 0.15) is 18.1 Å². The van der Waals surface area contributed by atoms with Crippen LogP contribution in [0.5, 0.6) is 11.5 Å². The van der Waals surface area contributed by atoms with E-state index in [2.05, 4.69) is 38.7 Å². The van der Waals surface area contributed by atoms with Crippen LogP contribution in [-0.4, -0.2) is 30.1 Å². The van der Waals surface area contributed by atoms with Crippen molar-refractivity contribution in [2.75, 3.05) is 13.2 Å². The average molecular weight is 492 g/mol. The zero-order valence-electron chi connectivity index (χ0n) is 16.4. The van der Waals surface area contributed by atoms with Crippen molar-refractivity contribution >= 4 is 45.1 Å². The van der Waals surface area contributed by atoms with Crippen molar-refractivity contribution in [2.24, 2.45) is 0 Å². The molecule has 30 heavy (non-hydrogen) atoms. The predicted molar refractivity (Wildman–Crippen MR) is 123 cm³/mol. The highest BCUT2D eigenvalue weighted by molar-refractivity contribution is 9.10. The molecule has 0 atom stereocenters. The summed E-state index contributed by atoms with van der Waals surface area (Å²) in [6.45, 7) is 6.44. The van der Waals surface area contributed by atoms with Crippen LogP contribution in [0.25, 0.3) is 0 Å². The summed E-state index contributed by atoms with van der Waals surface area (Å²) in [4.78, 5) is 24.8. The van der Waals surface area contributed by atoms with E-state index < -0.39 is 11.8 Å². The van der Waals surface area contributed by atoms with Gasteiger partial charge >= 0.3 is 0 Å². The Kier molecular flexibility index (Phi) is 9.30. The van der Waals surface area contributed by atoms with E-state index in [1.807, 2.05) is 6.92 Å². The Bertz CT molecular complexity index is 936. The van der Waals surface area contributed by atoms with Crippen LogP contribution in [0.2, 0.25) is 0 Å². The van der Waals surface area contributed by atoms with Crippen molar-refractivity contribution in [2.45, 2.75) is 13.3 Å². The molecule has 0 bridgehead atoms. The van der Waals surface area contributed by atoms with E-state index in [0.717, 1.165) is 6.42 Å². The van der Waals surface area contributed by atoms with Crippen molar-refractivity contribution in [3.8, 4) is 11.5 Å². The van der Waals surface area contributed by atoms with Gasteiger partial charge in [-0.05, 0) is 64.9 Å². The molecular formula is C21H22BrN3O4S. The first kappa shape index (κ1) is 23.4. The van der Waals surface area contributed by atoms with Gasteiger partial charge in [-0.3, -0.25) is 25.8 Å². The summed E-state index contributed by atoms with van der Waals surface area (Å²) < 4.78 is 11.7. The number of benzene rings is 2. The number of rotatable bonds is 8. The van der Waals surface area contributed by atoms with E-state index in [4.69, 9.17) is 21.7 Å². The molecule has 2 aromatic carbocycles. The molecule has 0 aliphatic carbocycles. The molecule has 2 amide bonds. The third-order valence-electron chi connectivity index (χ3n) is 3.66. The molecule has 0 fully saturated rings. The molecule has 0 spiro atoms.